The molecule has 1 aliphatic rings. The van der Waals surface area contributed by atoms with E-state index in [1.54, 1.807) is 30.5 Å². The fourth-order valence-electron chi connectivity index (χ4n) is 3.06. The van der Waals surface area contributed by atoms with E-state index in [1.807, 2.05) is 12.1 Å². The topological polar surface area (TPSA) is 54.7 Å². The standard InChI is InChI=1S/C19H23ClN2O3.ClH/c20-15-6-8-16(9-7-15)25-14-19(23)21-13-17(18-5-4-12-24-18)22-10-2-1-3-11-22;/h4-9,12,17H,1-3,10-11,13-14H2,(H,21,23);1H. The van der Waals surface area contributed by atoms with E-state index in [0.29, 0.717) is 17.3 Å². The van der Waals surface area contributed by atoms with Gasteiger partial charge in [-0.1, -0.05) is 18.0 Å². The van der Waals surface area contributed by atoms with E-state index >= 15 is 0 Å². The van der Waals surface area contributed by atoms with Crippen LogP contribution >= 0.6 is 24.0 Å². The first kappa shape index (κ1) is 20.6. The number of nitrogens with one attached hydrogen (secondary N) is 1. The van der Waals surface area contributed by atoms with Crippen LogP contribution in [-0.2, 0) is 4.79 Å². The number of furan rings is 1. The van der Waals surface area contributed by atoms with Gasteiger partial charge in [0.05, 0.1) is 12.3 Å². The summed E-state index contributed by atoms with van der Waals surface area (Å²) < 4.78 is 11.1. The van der Waals surface area contributed by atoms with Crippen LogP contribution in [0.4, 0.5) is 0 Å². The quantitative estimate of drug-likeness (QED) is 0.763. The predicted octanol–water partition coefficient (Wildman–Crippen LogP) is 4.08. The normalized spacial score (nSPS) is 15.7. The largest absolute Gasteiger partial charge is 0.484 e. The van der Waals surface area contributed by atoms with Gasteiger partial charge in [-0.2, -0.15) is 0 Å². The molecule has 7 heteroatoms. The zero-order valence-corrected chi connectivity index (χ0v) is 16.1. The van der Waals surface area contributed by atoms with E-state index in [4.69, 9.17) is 20.8 Å². The molecule has 0 spiro atoms. The summed E-state index contributed by atoms with van der Waals surface area (Å²) in [5.41, 5.74) is 0. The Morgan fingerprint density at radius 3 is 2.58 bits per heavy atom. The Balaban J connectivity index is 0.00000243. The van der Waals surface area contributed by atoms with Crippen LogP contribution in [0.1, 0.15) is 31.1 Å². The van der Waals surface area contributed by atoms with Gasteiger partial charge in [0.1, 0.15) is 11.5 Å². The van der Waals surface area contributed by atoms with Gasteiger partial charge in [-0.15, -0.1) is 12.4 Å². The molecule has 1 saturated heterocycles. The molecule has 1 aromatic carbocycles. The number of amides is 1. The molecule has 1 fully saturated rings. The maximum Gasteiger partial charge on any atom is 0.258 e. The summed E-state index contributed by atoms with van der Waals surface area (Å²) in [4.78, 5) is 14.5. The summed E-state index contributed by atoms with van der Waals surface area (Å²) in [6.45, 7) is 2.55. The number of rotatable bonds is 7. The molecule has 1 atom stereocenters. The number of benzene rings is 1. The van der Waals surface area contributed by atoms with Crippen molar-refractivity contribution in [3.8, 4) is 5.75 Å². The van der Waals surface area contributed by atoms with Gasteiger partial charge in [-0.25, -0.2) is 0 Å². The van der Waals surface area contributed by atoms with Crippen molar-refractivity contribution in [3.05, 3.63) is 53.4 Å². The number of likely N-dealkylation sites (tertiary alicyclic amines) is 1. The molecule has 2 heterocycles. The molecule has 2 aromatic rings. The summed E-state index contributed by atoms with van der Waals surface area (Å²) >= 11 is 5.83. The molecule has 5 nitrogen and oxygen atoms in total. The lowest BCUT2D eigenvalue weighted by Gasteiger charge is -2.33. The van der Waals surface area contributed by atoms with Crippen LogP contribution in [0.25, 0.3) is 0 Å². The molecule has 1 unspecified atom stereocenters. The molecular formula is C19H24Cl2N2O3. The molecule has 3 rings (SSSR count). The van der Waals surface area contributed by atoms with E-state index in [-0.39, 0.29) is 31.0 Å². The van der Waals surface area contributed by atoms with Gasteiger partial charge >= 0.3 is 0 Å². The molecule has 142 valence electrons. The Labute approximate surface area is 165 Å². The SMILES string of the molecule is Cl.O=C(COc1ccc(Cl)cc1)NCC(c1ccco1)N1CCCCC1. The van der Waals surface area contributed by atoms with E-state index in [2.05, 4.69) is 10.2 Å². The van der Waals surface area contributed by atoms with Gasteiger partial charge in [-0.05, 0) is 62.3 Å². The highest BCUT2D eigenvalue weighted by Gasteiger charge is 2.24. The second kappa shape index (κ2) is 10.5. The summed E-state index contributed by atoms with van der Waals surface area (Å²) in [5, 5.41) is 3.60. The predicted molar refractivity (Wildman–Crippen MR) is 104 cm³/mol. The van der Waals surface area contributed by atoms with Gasteiger partial charge in [-0.3, -0.25) is 9.69 Å². The van der Waals surface area contributed by atoms with Crippen molar-refractivity contribution in [1.82, 2.24) is 10.2 Å². The second-order valence-electron chi connectivity index (χ2n) is 6.17. The van der Waals surface area contributed by atoms with Crippen molar-refractivity contribution >= 4 is 29.9 Å². The van der Waals surface area contributed by atoms with Crippen LogP contribution < -0.4 is 10.1 Å². The first-order chi connectivity index (χ1) is 12.2. The minimum absolute atomic E-state index is 0. The average Bonchev–Trinajstić information content (AvgIpc) is 3.17. The minimum atomic E-state index is -0.150. The highest BCUT2D eigenvalue weighted by Crippen LogP contribution is 2.24. The van der Waals surface area contributed by atoms with Crippen LogP contribution in [-0.4, -0.2) is 37.0 Å². The van der Waals surface area contributed by atoms with E-state index in [0.717, 1.165) is 18.8 Å². The molecule has 1 aromatic heterocycles. The van der Waals surface area contributed by atoms with Crippen LogP contribution in [0.2, 0.25) is 5.02 Å². The third-order valence-electron chi connectivity index (χ3n) is 4.38. The number of carbonyl (C=O) groups is 1. The summed E-state index contributed by atoms with van der Waals surface area (Å²) in [7, 11) is 0. The molecule has 26 heavy (non-hydrogen) atoms. The highest BCUT2D eigenvalue weighted by molar-refractivity contribution is 6.30. The number of piperidine rings is 1. The Kier molecular flexibility index (Phi) is 8.29. The highest BCUT2D eigenvalue weighted by atomic mass is 35.5. The molecule has 1 N–H and O–H groups in total. The lowest BCUT2D eigenvalue weighted by molar-refractivity contribution is -0.123. The fourth-order valence-corrected chi connectivity index (χ4v) is 3.19. The smallest absolute Gasteiger partial charge is 0.258 e. The fraction of sp³-hybridized carbons (Fsp3) is 0.421. The zero-order valence-electron chi connectivity index (χ0n) is 14.5. The Morgan fingerprint density at radius 1 is 1.19 bits per heavy atom. The van der Waals surface area contributed by atoms with Crippen molar-refractivity contribution in [3.63, 3.8) is 0 Å². The number of carbonyl (C=O) groups excluding carboxylic acids is 1. The number of ether oxygens (including phenoxy) is 1. The summed E-state index contributed by atoms with van der Waals surface area (Å²) in [5.74, 6) is 1.36. The van der Waals surface area contributed by atoms with Crippen molar-refractivity contribution in [1.29, 1.82) is 0 Å². The minimum Gasteiger partial charge on any atom is -0.484 e. The van der Waals surface area contributed by atoms with Crippen LogP contribution in [0, 0.1) is 0 Å². The van der Waals surface area contributed by atoms with E-state index < -0.39 is 0 Å². The van der Waals surface area contributed by atoms with Gasteiger partial charge in [0, 0.05) is 11.6 Å². The van der Waals surface area contributed by atoms with Crippen LogP contribution in [0.5, 0.6) is 5.75 Å². The van der Waals surface area contributed by atoms with Gasteiger partial charge in [0.15, 0.2) is 6.61 Å². The van der Waals surface area contributed by atoms with Gasteiger partial charge in [0.25, 0.3) is 5.91 Å². The molecule has 0 bridgehead atoms. The number of hydrogen-bond donors (Lipinski definition) is 1. The third kappa shape index (κ3) is 5.94. The molecule has 0 aliphatic carbocycles. The Bertz CT molecular complexity index is 656. The second-order valence-corrected chi connectivity index (χ2v) is 6.61. The average molecular weight is 399 g/mol. The number of hydrogen-bond acceptors (Lipinski definition) is 4. The monoisotopic (exact) mass is 398 g/mol. The van der Waals surface area contributed by atoms with Crippen molar-refractivity contribution in [2.24, 2.45) is 0 Å². The maximum absolute atomic E-state index is 12.1. The van der Waals surface area contributed by atoms with Crippen molar-refractivity contribution in [2.75, 3.05) is 26.2 Å². The summed E-state index contributed by atoms with van der Waals surface area (Å²) in [6.07, 6.45) is 5.32. The lowest BCUT2D eigenvalue weighted by atomic mass is 10.1. The summed E-state index contributed by atoms with van der Waals surface area (Å²) in [6, 6.07) is 10.9. The third-order valence-corrected chi connectivity index (χ3v) is 4.63. The van der Waals surface area contributed by atoms with Gasteiger partial charge < -0.3 is 14.5 Å². The Morgan fingerprint density at radius 2 is 1.92 bits per heavy atom. The van der Waals surface area contributed by atoms with Gasteiger partial charge in [0.2, 0.25) is 0 Å². The number of halogens is 2. The molecule has 1 aliphatic heterocycles. The zero-order chi connectivity index (χ0) is 17.5. The first-order valence-electron chi connectivity index (χ1n) is 8.65. The molecular weight excluding hydrogens is 375 g/mol. The first-order valence-corrected chi connectivity index (χ1v) is 9.03. The van der Waals surface area contributed by atoms with Crippen molar-refractivity contribution in [2.45, 2.75) is 25.3 Å². The van der Waals surface area contributed by atoms with Crippen LogP contribution in [0.3, 0.4) is 0 Å². The van der Waals surface area contributed by atoms with Crippen LogP contribution in [0.15, 0.2) is 47.1 Å². The lowest BCUT2D eigenvalue weighted by Crippen LogP contribution is -2.41. The number of nitrogens with zero attached hydrogens (tertiary/aromatic N) is 1. The molecule has 1 amide bonds. The van der Waals surface area contributed by atoms with Crippen molar-refractivity contribution < 1.29 is 13.9 Å². The van der Waals surface area contributed by atoms with E-state index in [1.165, 1.54) is 19.3 Å². The maximum atomic E-state index is 12.1. The van der Waals surface area contributed by atoms with E-state index in [9.17, 15) is 4.79 Å². The molecule has 0 saturated carbocycles. The Hall–Kier alpha value is -1.69. The molecule has 0 radical (unpaired) electrons.